The Morgan fingerprint density at radius 1 is 1.00 bits per heavy atom. The Bertz CT molecular complexity index is 824. The summed E-state index contributed by atoms with van der Waals surface area (Å²) in [6.07, 6.45) is 0. The summed E-state index contributed by atoms with van der Waals surface area (Å²) in [5, 5.41) is 2.48. The lowest BCUT2D eigenvalue weighted by molar-refractivity contribution is 0.208. The Labute approximate surface area is 156 Å². The number of rotatable bonds is 4. The number of halogens is 2. The van der Waals surface area contributed by atoms with E-state index >= 15 is 0 Å². The van der Waals surface area contributed by atoms with Gasteiger partial charge >= 0.3 is 6.03 Å². The predicted molar refractivity (Wildman–Crippen MR) is 98.7 cm³/mol. The molecule has 0 radical (unpaired) electrons. The van der Waals surface area contributed by atoms with Crippen LogP contribution < -0.4 is 19.7 Å². The number of carbonyl (C=O) groups excluding carboxylic acids is 1. The highest BCUT2D eigenvalue weighted by Gasteiger charge is 2.24. The van der Waals surface area contributed by atoms with Gasteiger partial charge in [-0.25, -0.2) is 13.6 Å². The first kappa shape index (κ1) is 18.8. The number of hydrogen-bond donors (Lipinski definition) is 1. The van der Waals surface area contributed by atoms with Gasteiger partial charge in [0.25, 0.3) is 0 Å². The van der Waals surface area contributed by atoms with E-state index in [1.54, 1.807) is 19.1 Å². The van der Waals surface area contributed by atoms with Crippen LogP contribution in [0, 0.1) is 11.6 Å². The first-order valence-electron chi connectivity index (χ1n) is 8.50. The zero-order valence-corrected chi connectivity index (χ0v) is 15.2. The minimum atomic E-state index is -0.803. The van der Waals surface area contributed by atoms with Gasteiger partial charge in [0, 0.05) is 38.3 Å². The van der Waals surface area contributed by atoms with Gasteiger partial charge in [0.2, 0.25) is 0 Å². The summed E-state index contributed by atoms with van der Waals surface area (Å²) in [4.78, 5) is 16.1. The number of methoxy groups -OCH3 is 2. The summed E-state index contributed by atoms with van der Waals surface area (Å²) in [5.74, 6) is -0.0469. The average Bonchev–Trinajstić information content (AvgIpc) is 2.69. The molecular formula is C19H21F2N3O3. The molecule has 3 rings (SSSR count). The molecule has 144 valence electrons. The third-order valence-corrected chi connectivity index (χ3v) is 4.47. The highest BCUT2D eigenvalue weighted by atomic mass is 19.1. The molecule has 0 saturated carbocycles. The van der Waals surface area contributed by atoms with E-state index in [-0.39, 0.29) is 5.69 Å². The maximum absolute atomic E-state index is 13.7. The zero-order chi connectivity index (χ0) is 19.4. The lowest BCUT2D eigenvalue weighted by atomic mass is 10.2. The minimum absolute atomic E-state index is 0.0432. The van der Waals surface area contributed by atoms with Gasteiger partial charge in [-0.3, -0.25) is 0 Å². The van der Waals surface area contributed by atoms with Crippen LogP contribution in [0.25, 0.3) is 0 Å². The Morgan fingerprint density at radius 3 is 2.37 bits per heavy atom. The van der Waals surface area contributed by atoms with Crippen LogP contribution in [-0.2, 0) is 0 Å². The molecule has 2 aromatic rings. The van der Waals surface area contributed by atoms with Crippen molar-refractivity contribution in [2.45, 2.75) is 0 Å². The van der Waals surface area contributed by atoms with E-state index in [1.165, 1.54) is 6.07 Å². The molecule has 0 aliphatic carbocycles. The lowest BCUT2D eigenvalue weighted by Crippen LogP contribution is -2.50. The largest absolute Gasteiger partial charge is 0.497 e. The lowest BCUT2D eigenvalue weighted by Gasteiger charge is -2.36. The number of anilines is 2. The van der Waals surface area contributed by atoms with Crippen LogP contribution in [0.4, 0.5) is 25.0 Å². The van der Waals surface area contributed by atoms with Gasteiger partial charge in [0.05, 0.1) is 25.6 Å². The van der Waals surface area contributed by atoms with Crippen molar-refractivity contribution >= 4 is 17.4 Å². The minimum Gasteiger partial charge on any atom is -0.497 e. The molecule has 0 spiro atoms. The van der Waals surface area contributed by atoms with Crippen molar-refractivity contribution in [1.82, 2.24) is 4.90 Å². The van der Waals surface area contributed by atoms with E-state index < -0.39 is 17.7 Å². The first-order valence-corrected chi connectivity index (χ1v) is 8.50. The van der Waals surface area contributed by atoms with Crippen molar-refractivity contribution in [1.29, 1.82) is 0 Å². The van der Waals surface area contributed by atoms with Gasteiger partial charge in [-0.2, -0.15) is 0 Å². The number of hydrogen-bond acceptors (Lipinski definition) is 4. The van der Waals surface area contributed by atoms with E-state index in [9.17, 15) is 13.6 Å². The molecule has 0 atom stereocenters. The van der Waals surface area contributed by atoms with Gasteiger partial charge in [-0.15, -0.1) is 0 Å². The summed E-state index contributed by atoms with van der Waals surface area (Å²) in [5.41, 5.74) is 0.847. The zero-order valence-electron chi connectivity index (χ0n) is 15.2. The number of nitrogens with zero attached hydrogens (tertiary/aromatic N) is 2. The number of ether oxygens (including phenoxy) is 2. The predicted octanol–water partition coefficient (Wildman–Crippen LogP) is 3.34. The summed E-state index contributed by atoms with van der Waals surface area (Å²) in [7, 11) is 3.20. The van der Waals surface area contributed by atoms with Crippen molar-refractivity contribution in [3.05, 3.63) is 48.0 Å². The first-order chi connectivity index (χ1) is 13.0. The second kappa shape index (κ2) is 8.11. The molecular weight excluding hydrogens is 356 g/mol. The van der Waals surface area contributed by atoms with Crippen LogP contribution in [0.3, 0.4) is 0 Å². The second-order valence-corrected chi connectivity index (χ2v) is 6.07. The molecule has 6 nitrogen and oxygen atoms in total. The number of benzene rings is 2. The van der Waals surface area contributed by atoms with Crippen molar-refractivity contribution in [2.75, 3.05) is 50.6 Å². The molecule has 1 saturated heterocycles. The second-order valence-electron chi connectivity index (χ2n) is 6.07. The van der Waals surface area contributed by atoms with E-state index in [4.69, 9.17) is 9.47 Å². The maximum Gasteiger partial charge on any atom is 0.322 e. The molecule has 0 unspecified atom stereocenters. The molecule has 27 heavy (non-hydrogen) atoms. The van der Waals surface area contributed by atoms with E-state index in [0.29, 0.717) is 26.2 Å². The fourth-order valence-corrected chi connectivity index (χ4v) is 2.98. The summed E-state index contributed by atoms with van der Waals surface area (Å²) in [6.45, 7) is 2.08. The fraction of sp³-hybridized carbons (Fsp3) is 0.316. The number of piperazine rings is 1. The molecule has 1 heterocycles. The van der Waals surface area contributed by atoms with Crippen LogP contribution in [0.15, 0.2) is 36.4 Å². The van der Waals surface area contributed by atoms with Crippen LogP contribution in [0.2, 0.25) is 0 Å². The van der Waals surface area contributed by atoms with Gasteiger partial charge in [-0.05, 0) is 24.3 Å². The number of carbonyl (C=O) groups is 1. The van der Waals surface area contributed by atoms with Crippen molar-refractivity contribution in [2.24, 2.45) is 0 Å². The molecule has 1 aliphatic heterocycles. The molecule has 1 N–H and O–H groups in total. The highest BCUT2D eigenvalue weighted by Crippen LogP contribution is 2.33. The van der Waals surface area contributed by atoms with Crippen LogP contribution >= 0.6 is 0 Å². The molecule has 0 bridgehead atoms. The topological polar surface area (TPSA) is 54.0 Å². The fourth-order valence-electron chi connectivity index (χ4n) is 2.98. The molecule has 2 aromatic carbocycles. The normalized spacial score (nSPS) is 14.1. The Balaban J connectivity index is 1.64. The highest BCUT2D eigenvalue weighted by molar-refractivity contribution is 5.89. The molecule has 0 aromatic heterocycles. The van der Waals surface area contributed by atoms with Crippen LogP contribution in [0.1, 0.15) is 0 Å². The monoisotopic (exact) mass is 377 g/mol. The smallest absolute Gasteiger partial charge is 0.322 e. The Morgan fingerprint density at radius 2 is 1.74 bits per heavy atom. The van der Waals surface area contributed by atoms with E-state index in [2.05, 4.69) is 10.2 Å². The van der Waals surface area contributed by atoms with Gasteiger partial charge < -0.3 is 24.6 Å². The Kier molecular flexibility index (Phi) is 5.63. The third kappa shape index (κ3) is 4.21. The number of nitrogens with one attached hydrogen (secondary N) is 1. The number of amides is 2. The summed E-state index contributed by atoms with van der Waals surface area (Å²) in [6, 6.07) is 8.18. The molecule has 2 amide bonds. The SMILES string of the molecule is COc1ccc(OC)c(N2CCN(C(=O)Nc3ccc(F)cc3F)CC2)c1. The van der Waals surface area contributed by atoms with E-state index in [0.717, 1.165) is 29.3 Å². The van der Waals surface area contributed by atoms with Gasteiger partial charge in [0.15, 0.2) is 0 Å². The number of urea groups is 1. The van der Waals surface area contributed by atoms with Gasteiger partial charge in [0.1, 0.15) is 23.1 Å². The van der Waals surface area contributed by atoms with E-state index in [1.807, 2.05) is 18.2 Å². The molecule has 1 aliphatic rings. The van der Waals surface area contributed by atoms with Crippen LogP contribution in [-0.4, -0.2) is 51.3 Å². The average molecular weight is 377 g/mol. The summed E-state index contributed by atoms with van der Waals surface area (Å²) < 4.78 is 37.4. The van der Waals surface area contributed by atoms with Crippen molar-refractivity contribution < 1.29 is 23.0 Å². The standard InChI is InChI=1S/C19H21F2N3O3/c1-26-14-4-6-18(27-2)17(12-14)23-7-9-24(10-8-23)19(25)22-16-5-3-13(20)11-15(16)21/h3-6,11-12H,7-10H2,1-2H3,(H,22,25). The van der Waals surface area contributed by atoms with Crippen molar-refractivity contribution in [3.8, 4) is 11.5 Å². The summed E-state index contributed by atoms with van der Waals surface area (Å²) >= 11 is 0. The Hall–Kier alpha value is -3.03. The maximum atomic E-state index is 13.7. The molecule has 1 fully saturated rings. The molecule has 8 heteroatoms. The third-order valence-electron chi connectivity index (χ3n) is 4.47. The van der Waals surface area contributed by atoms with Crippen molar-refractivity contribution in [3.63, 3.8) is 0 Å². The quantitative estimate of drug-likeness (QED) is 0.888. The van der Waals surface area contributed by atoms with Crippen LogP contribution in [0.5, 0.6) is 11.5 Å². The van der Waals surface area contributed by atoms with Gasteiger partial charge in [-0.1, -0.05) is 0 Å².